The van der Waals surface area contributed by atoms with Crippen molar-refractivity contribution in [2.75, 3.05) is 18.2 Å². The van der Waals surface area contributed by atoms with Crippen molar-refractivity contribution in [1.29, 1.82) is 0 Å². The number of para-hydroxylation sites is 1. The van der Waals surface area contributed by atoms with Gasteiger partial charge < -0.3 is 35.6 Å². The second kappa shape index (κ2) is 8.94. The minimum absolute atomic E-state index is 0.154. The average Bonchev–Trinajstić information content (AvgIpc) is 3.33. The molecule has 5 atom stereocenters. The Bertz CT molecular complexity index is 1070. The molecule has 3 heterocycles. The van der Waals surface area contributed by atoms with Crippen LogP contribution in [0.25, 0.3) is 11.2 Å². The molecule has 1 aromatic carbocycles. The van der Waals surface area contributed by atoms with Crippen LogP contribution in [0, 0.1) is 0 Å². The van der Waals surface area contributed by atoms with Crippen LogP contribution in [0.4, 0.5) is 5.82 Å². The van der Waals surface area contributed by atoms with E-state index in [2.05, 4.69) is 20.3 Å². The van der Waals surface area contributed by atoms with E-state index in [9.17, 15) is 25.5 Å². The number of aliphatic hydroxyl groups is 4. The smallest absolute Gasteiger partial charge is 0.191 e. The quantitative estimate of drug-likeness (QED) is 0.210. The lowest BCUT2D eigenvalue weighted by Gasteiger charge is -2.19. The van der Waals surface area contributed by atoms with Crippen LogP contribution in [-0.2, 0) is 11.3 Å². The average molecular weight is 449 g/mol. The SMILES string of the molecule is CSc1nc(NCc2ccccc2O)c2ncn(C3OC(C(O)CO)C(O)C3O)c2n1. The van der Waals surface area contributed by atoms with Crippen molar-refractivity contribution in [2.45, 2.75) is 42.3 Å². The monoisotopic (exact) mass is 449 g/mol. The molecule has 31 heavy (non-hydrogen) atoms. The maximum Gasteiger partial charge on any atom is 0.191 e. The first-order chi connectivity index (χ1) is 14.9. The molecular formula is C19H23N5O6S. The van der Waals surface area contributed by atoms with Crippen LogP contribution in [0.15, 0.2) is 35.7 Å². The highest BCUT2D eigenvalue weighted by atomic mass is 32.2. The fourth-order valence-corrected chi connectivity index (χ4v) is 3.83. The number of anilines is 1. The van der Waals surface area contributed by atoms with Gasteiger partial charge in [0, 0.05) is 12.1 Å². The number of ether oxygens (including phenoxy) is 1. The Hall–Kier alpha value is -2.48. The maximum absolute atomic E-state index is 10.5. The molecule has 0 spiro atoms. The Balaban J connectivity index is 1.68. The number of benzene rings is 1. The number of aromatic nitrogens is 4. The summed E-state index contributed by atoms with van der Waals surface area (Å²) in [4.78, 5) is 13.3. The number of aliphatic hydroxyl groups excluding tert-OH is 4. The molecule has 6 N–H and O–H groups in total. The summed E-state index contributed by atoms with van der Waals surface area (Å²) in [7, 11) is 0. The van der Waals surface area contributed by atoms with Gasteiger partial charge in [-0.25, -0.2) is 15.0 Å². The molecule has 1 fully saturated rings. The zero-order valence-electron chi connectivity index (χ0n) is 16.5. The molecule has 12 heteroatoms. The Labute approximate surface area is 181 Å². The van der Waals surface area contributed by atoms with Crippen LogP contribution in [-0.4, -0.2) is 82.3 Å². The van der Waals surface area contributed by atoms with Gasteiger partial charge in [0.25, 0.3) is 0 Å². The van der Waals surface area contributed by atoms with E-state index in [1.807, 2.05) is 12.3 Å². The molecular weight excluding hydrogens is 426 g/mol. The van der Waals surface area contributed by atoms with E-state index >= 15 is 0 Å². The minimum atomic E-state index is -1.40. The number of rotatable bonds is 7. The van der Waals surface area contributed by atoms with Crippen molar-refractivity contribution in [2.24, 2.45) is 0 Å². The van der Waals surface area contributed by atoms with Crippen LogP contribution >= 0.6 is 11.8 Å². The molecule has 11 nitrogen and oxygen atoms in total. The standard InChI is InChI=1S/C19H23N5O6S/c1-31-19-22-16(20-6-9-4-2-3-5-10(9)26)12-17(23-19)24(8-21-12)18-14(29)13(28)15(30-18)11(27)7-25/h2-5,8,11,13-15,18,25-29H,6-7H2,1H3,(H,20,22,23). The van der Waals surface area contributed by atoms with Crippen LogP contribution in [0.1, 0.15) is 11.8 Å². The number of nitrogens with one attached hydrogen (secondary N) is 1. The predicted molar refractivity (Wildman–Crippen MR) is 112 cm³/mol. The second-order valence-electron chi connectivity index (χ2n) is 7.09. The van der Waals surface area contributed by atoms with Gasteiger partial charge in [-0.15, -0.1) is 0 Å². The number of imidazole rings is 1. The van der Waals surface area contributed by atoms with E-state index in [-0.39, 0.29) is 5.75 Å². The van der Waals surface area contributed by atoms with Gasteiger partial charge >= 0.3 is 0 Å². The zero-order chi connectivity index (χ0) is 22.1. The summed E-state index contributed by atoms with van der Waals surface area (Å²) in [6.45, 7) is -0.323. The van der Waals surface area contributed by atoms with Gasteiger partial charge in [0.05, 0.1) is 12.9 Å². The first kappa shape index (κ1) is 21.7. The van der Waals surface area contributed by atoms with Gasteiger partial charge in [-0.05, 0) is 12.3 Å². The van der Waals surface area contributed by atoms with Crippen LogP contribution in [0.5, 0.6) is 5.75 Å². The molecule has 1 saturated heterocycles. The number of hydrogen-bond acceptors (Lipinski definition) is 11. The van der Waals surface area contributed by atoms with Crippen LogP contribution in [0.3, 0.4) is 0 Å². The third-order valence-electron chi connectivity index (χ3n) is 5.14. The third-order valence-corrected chi connectivity index (χ3v) is 5.68. The summed E-state index contributed by atoms with van der Waals surface area (Å²) in [5, 5.41) is 53.3. The highest BCUT2D eigenvalue weighted by Gasteiger charge is 2.47. The Kier molecular flexibility index (Phi) is 6.27. The first-order valence-corrected chi connectivity index (χ1v) is 10.8. The number of thioether (sulfide) groups is 1. The zero-order valence-corrected chi connectivity index (χ0v) is 17.3. The molecule has 3 aromatic rings. The van der Waals surface area contributed by atoms with E-state index in [4.69, 9.17) is 4.74 Å². The first-order valence-electron chi connectivity index (χ1n) is 9.54. The van der Waals surface area contributed by atoms with Crippen molar-refractivity contribution in [3.05, 3.63) is 36.2 Å². The molecule has 166 valence electrons. The van der Waals surface area contributed by atoms with Crippen molar-refractivity contribution < 1.29 is 30.3 Å². The van der Waals surface area contributed by atoms with E-state index in [0.29, 0.717) is 34.2 Å². The molecule has 1 aliphatic heterocycles. The molecule has 0 saturated carbocycles. The third kappa shape index (κ3) is 4.05. The van der Waals surface area contributed by atoms with E-state index in [1.165, 1.54) is 22.7 Å². The van der Waals surface area contributed by atoms with E-state index in [0.717, 1.165) is 0 Å². The topological polar surface area (TPSA) is 166 Å². The molecule has 0 radical (unpaired) electrons. The highest BCUT2D eigenvalue weighted by Crippen LogP contribution is 2.34. The summed E-state index contributed by atoms with van der Waals surface area (Å²) >= 11 is 1.31. The molecule has 5 unspecified atom stereocenters. The molecule has 4 rings (SSSR count). The number of fused-ring (bicyclic) bond motifs is 1. The van der Waals surface area contributed by atoms with Gasteiger partial charge in [-0.1, -0.05) is 30.0 Å². The summed E-state index contributed by atoms with van der Waals surface area (Å²) in [6, 6.07) is 6.93. The summed E-state index contributed by atoms with van der Waals surface area (Å²) in [5.41, 5.74) is 1.44. The fourth-order valence-electron chi connectivity index (χ4n) is 3.47. The Morgan fingerprint density at radius 3 is 2.71 bits per heavy atom. The van der Waals surface area contributed by atoms with Gasteiger partial charge in [-0.2, -0.15) is 0 Å². The van der Waals surface area contributed by atoms with E-state index < -0.39 is 37.3 Å². The lowest BCUT2D eigenvalue weighted by Crippen LogP contribution is -2.40. The van der Waals surface area contributed by atoms with Crippen molar-refractivity contribution in [3.8, 4) is 5.75 Å². The molecule has 2 aromatic heterocycles. The van der Waals surface area contributed by atoms with Crippen molar-refractivity contribution in [1.82, 2.24) is 19.5 Å². The summed E-state index contributed by atoms with van der Waals surface area (Å²) < 4.78 is 7.10. The minimum Gasteiger partial charge on any atom is -0.508 e. The van der Waals surface area contributed by atoms with Crippen molar-refractivity contribution in [3.63, 3.8) is 0 Å². The van der Waals surface area contributed by atoms with Gasteiger partial charge in [0.15, 0.2) is 28.4 Å². The van der Waals surface area contributed by atoms with Gasteiger partial charge in [-0.3, -0.25) is 4.57 Å². The van der Waals surface area contributed by atoms with Crippen LogP contribution < -0.4 is 5.32 Å². The Morgan fingerprint density at radius 1 is 1.23 bits per heavy atom. The number of nitrogens with zero attached hydrogens (tertiary/aromatic N) is 4. The number of aromatic hydroxyl groups is 1. The summed E-state index contributed by atoms with van der Waals surface area (Å²) in [6.07, 6.45) is -3.13. The van der Waals surface area contributed by atoms with Gasteiger partial charge in [0.1, 0.15) is 30.2 Å². The van der Waals surface area contributed by atoms with Crippen LogP contribution in [0.2, 0.25) is 0 Å². The lowest BCUT2D eigenvalue weighted by molar-refractivity contribution is -0.0962. The number of hydrogen-bond donors (Lipinski definition) is 6. The number of phenols is 1. The fraction of sp³-hybridized carbons (Fsp3) is 0.421. The predicted octanol–water partition coefficient (Wildman–Crippen LogP) is -0.162. The molecule has 0 amide bonds. The molecule has 0 bridgehead atoms. The number of phenolic OH excluding ortho intramolecular Hbond substituents is 1. The van der Waals surface area contributed by atoms with Gasteiger partial charge in [0.2, 0.25) is 0 Å². The highest BCUT2D eigenvalue weighted by molar-refractivity contribution is 7.98. The largest absolute Gasteiger partial charge is 0.508 e. The molecule has 0 aliphatic carbocycles. The second-order valence-corrected chi connectivity index (χ2v) is 7.86. The lowest BCUT2D eigenvalue weighted by atomic mass is 10.1. The Morgan fingerprint density at radius 2 is 2.00 bits per heavy atom. The normalized spacial score (nSPS) is 24.5. The van der Waals surface area contributed by atoms with E-state index in [1.54, 1.807) is 18.2 Å². The van der Waals surface area contributed by atoms with Crippen molar-refractivity contribution >= 4 is 28.7 Å². The molecule has 1 aliphatic rings. The maximum atomic E-state index is 10.5. The summed E-state index contributed by atoms with van der Waals surface area (Å²) in [5.74, 6) is 0.581.